The number of aromatic carboxylic acids is 1. The zero-order valence-electron chi connectivity index (χ0n) is 23.7. The van der Waals surface area contributed by atoms with Crippen molar-refractivity contribution in [3.63, 3.8) is 0 Å². The summed E-state index contributed by atoms with van der Waals surface area (Å²) in [6, 6.07) is 13.0. The van der Waals surface area contributed by atoms with Crippen LogP contribution in [0.15, 0.2) is 60.9 Å². The highest BCUT2D eigenvalue weighted by Gasteiger charge is 2.13. The van der Waals surface area contributed by atoms with Crippen LogP contribution < -0.4 is 0 Å². The molecular weight excluding hydrogens is 566 g/mol. The molecule has 0 fully saturated rings. The number of rotatable bonds is 4. The number of ether oxygens (including phenoxy) is 1. The molecule has 0 aliphatic heterocycles. The van der Waals surface area contributed by atoms with E-state index in [0.717, 1.165) is 22.4 Å². The van der Waals surface area contributed by atoms with Gasteiger partial charge in [-0.3, -0.25) is 9.97 Å². The zero-order valence-corrected chi connectivity index (χ0v) is 23.7. The van der Waals surface area contributed by atoms with E-state index in [1.165, 1.54) is 31.6 Å². The summed E-state index contributed by atoms with van der Waals surface area (Å²) in [6.45, 7) is 7.18. The van der Waals surface area contributed by atoms with Gasteiger partial charge in [-0.05, 0) is 86.3 Å². The molecule has 0 radical (unpaired) electrons. The molecule has 0 spiro atoms. The second-order valence-electron chi connectivity index (χ2n) is 8.63. The Morgan fingerprint density at radius 3 is 1.40 bits per heavy atom. The van der Waals surface area contributed by atoms with Crippen molar-refractivity contribution in [2.75, 3.05) is 7.11 Å². The lowest BCUT2D eigenvalue weighted by Gasteiger charge is -2.09. The number of carboxylic acid groups (broad SMARTS) is 1. The molecular formula is C31H26F2N2O8. The van der Waals surface area contributed by atoms with Crippen molar-refractivity contribution in [2.45, 2.75) is 27.7 Å². The predicted molar refractivity (Wildman–Crippen MR) is 147 cm³/mol. The number of carboxylic acids is 1. The summed E-state index contributed by atoms with van der Waals surface area (Å²) < 4.78 is 32.2. The Morgan fingerprint density at radius 2 is 1.05 bits per heavy atom. The first kappa shape index (κ1) is 35.3. The smallest absolute Gasteiger partial charge is 0.373 e. The number of hydrogen-bond donors (Lipinski definition) is 1. The Morgan fingerprint density at radius 1 is 0.674 bits per heavy atom. The molecule has 0 saturated heterocycles. The highest BCUT2D eigenvalue weighted by Crippen LogP contribution is 2.28. The van der Waals surface area contributed by atoms with Crippen LogP contribution in [0.25, 0.3) is 22.3 Å². The number of benzene rings is 2. The first-order valence-electron chi connectivity index (χ1n) is 12.1. The minimum absolute atomic E-state index is 0.197. The maximum absolute atomic E-state index is 13.8. The largest absolute Gasteiger partial charge is 0.478 e. The van der Waals surface area contributed by atoms with Gasteiger partial charge >= 0.3 is 24.2 Å². The third-order valence-corrected chi connectivity index (χ3v) is 5.69. The van der Waals surface area contributed by atoms with Crippen LogP contribution in [-0.2, 0) is 23.9 Å². The number of aromatic nitrogens is 2. The van der Waals surface area contributed by atoms with E-state index in [1.807, 2.05) is 6.92 Å². The van der Waals surface area contributed by atoms with Crippen molar-refractivity contribution in [2.24, 2.45) is 0 Å². The molecule has 0 aliphatic rings. The third kappa shape index (κ3) is 10.3. The lowest BCUT2D eigenvalue weighted by atomic mass is 9.98. The van der Waals surface area contributed by atoms with Gasteiger partial charge in [-0.2, -0.15) is 19.2 Å². The summed E-state index contributed by atoms with van der Waals surface area (Å²) in [5.41, 5.74) is 6.00. The number of aryl methyl sites for hydroxylation is 4. The van der Waals surface area contributed by atoms with Crippen molar-refractivity contribution >= 4 is 24.2 Å². The molecule has 0 amide bonds. The van der Waals surface area contributed by atoms with Gasteiger partial charge in [0.15, 0.2) is 0 Å². The van der Waals surface area contributed by atoms with E-state index in [-0.39, 0.29) is 23.7 Å². The van der Waals surface area contributed by atoms with Gasteiger partial charge in [-0.15, -0.1) is 0 Å². The second-order valence-corrected chi connectivity index (χ2v) is 8.63. The fraction of sp³-hybridized carbons (Fsp3) is 0.161. The SMILES string of the molecule is COC(=O)c1ccc(-c2cc(C)ncc2F)c(C)c1.Cc1cc(-c2ccc(C(=O)O)cc2C)c(F)cn1.O=C=O.O=C=O. The molecule has 12 heteroatoms. The number of methoxy groups -OCH3 is 1. The summed E-state index contributed by atoms with van der Waals surface area (Å²) in [7, 11) is 1.33. The Balaban J connectivity index is 0.000000364. The molecule has 10 nitrogen and oxygen atoms in total. The number of hydrogen-bond acceptors (Lipinski definition) is 9. The van der Waals surface area contributed by atoms with Crippen LogP contribution in [0.1, 0.15) is 43.2 Å². The number of halogens is 2. The zero-order chi connectivity index (χ0) is 32.7. The minimum Gasteiger partial charge on any atom is -0.478 e. The fourth-order valence-electron chi connectivity index (χ4n) is 3.81. The number of nitrogens with zero attached hydrogens (tertiary/aromatic N) is 2. The summed E-state index contributed by atoms with van der Waals surface area (Å²) >= 11 is 0. The van der Waals surface area contributed by atoms with E-state index in [2.05, 4.69) is 14.7 Å². The Hall–Kier alpha value is -5.70. The molecule has 0 aliphatic carbocycles. The summed E-state index contributed by atoms with van der Waals surface area (Å²) in [5.74, 6) is -2.18. The third-order valence-electron chi connectivity index (χ3n) is 5.69. The number of pyridine rings is 2. The fourth-order valence-corrected chi connectivity index (χ4v) is 3.81. The Labute approximate surface area is 245 Å². The second kappa shape index (κ2) is 17.2. The van der Waals surface area contributed by atoms with Gasteiger partial charge in [-0.1, -0.05) is 12.1 Å². The highest BCUT2D eigenvalue weighted by molar-refractivity contribution is 5.90. The first-order valence-corrected chi connectivity index (χ1v) is 12.1. The molecule has 0 atom stereocenters. The van der Waals surface area contributed by atoms with Gasteiger partial charge in [0.05, 0.1) is 30.6 Å². The normalized spacial score (nSPS) is 9.28. The number of carbonyl (C=O) groups excluding carboxylic acids is 5. The Bertz CT molecular complexity index is 1660. The molecule has 222 valence electrons. The monoisotopic (exact) mass is 592 g/mol. The van der Waals surface area contributed by atoms with E-state index in [4.69, 9.17) is 24.3 Å². The molecule has 2 aromatic heterocycles. The van der Waals surface area contributed by atoms with Crippen molar-refractivity contribution in [3.05, 3.63) is 106 Å². The maximum atomic E-state index is 13.8. The van der Waals surface area contributed by atoms with Crippen LogP contribution in [-0.4, -0.2) is 46.4 Å². The molecule has 43 heavy (non-hydrogen) atoms. The van der Waals surface area contributed by atoms with Crippen LogP contribution in [0.4, 0.5) is 8.78 Å². The molecule has 2 heterocycles. The lowest BCUT2D eigenvalue weighted by molar-refractivity contribution is -0.193. The van der Waals surface area contributed by atoms with E-state index in [1.54, 1.807) is 57.2 Å². The van der Waals surface area contributed by atoms with Crippen LogP contribution in [0.2, 0.25) is 0 Å². The van der Waals surface area contributed by atoms with Crippen LogP contribution in [0.5, 0.6) is 0 Å². The van der Waals surface area contributed by atoms with Gasteiger partial charge in [0.1, 0.15) is 11.6 Å². The quantitative estimate of drug-likeness (QED) is 0.307. The summed E-state index contributed by atoms with van der Waals surface area (Å²) in [6.07, 6.45) is 2.88. The van der Waals surface area contributed by atoms with Crippen molar-refractivity contribution in [1.29, 1.82) is 0 Å². The standard InChI is InChI=1S/C15H14FNO2.C14H12FNO2.2CO2/c1-9-6-11(15(18)19-3)4-5-12(9)13-7-10(2)17-8-14(13)16;1-8-5-10(14(17)18)3-4-11(8)12-6-9(2)16-7-13(12)15;2*2-1-3/h4-8H,1-3H3;3-7H,1-2H3,(H,17,18);;. The molecule has 0 unspecified atom stereocenters. The summed E-state index contributed by atoms with van der Waals surface area (Å²) in [5, 5.41) is 8.89. The van der Waals surface area contributed by atoms with Crippen LogP contribution >= 0.6 is 0 Å². The minimum atomic E-state index is -0.990. The van der Waals surface area contributed by atoms with Crippen LogP contribution in [0, 0.1) is 39.3 Å². The number of carbonyl (C=O) groups is 2. The van der Waals surface area contributed by atoms with E-state index in [9.17, 15) is 18.4 Å². The van der Waals surface area contributed by atoms with Gasteiger partial charge in [0, 0.05) is 22.5 Å². The van der Waals surface area contributed by atoms with Crippen molar-refractivity contribution < 1.29 is 47.4 Å². The van der Waals surface area contributed by atoms with Gasteiger partial charge in [0.2, 0.25) is 0 Å². The molecule has 2 aromatic carbocycles. The topological polar surface area (TPSA) is 158 Å². The van der Waals surface area contributed by atoms with Crippen molar-refractivity contribution in [3.8, 4) is 22.3 Å². The highest BCUT2D eigenvalue weighted by atomic mass is 19.1. The maximum Gasteiger partial charge on any atom is 0.373 e. The summed E-state index contributed by atoms with van der Waals surface area (Å²) in [4.78, 5) is 62.5. The molecule has 0 bridgehead atoms. The first-order chi connectivity index (χ1) is 20.3. The van der Waals surface area contributed by atoms with Gasteiger partial charge < -0.3 is 9.84 Å². The van der Waals surface area contributed by atoms with E-state index < -0.39 is 17.8 Å². The van der Waals surface area contributed by atoms with E-state index >= 15 is 0 Å². The molecule has 1 N–H and O–H groups in total. The average Bonchev–Trinajstić information content (AvgIpc) is 2.96. The molecule has 4 aromatic rings. The number of esters is 1. The average molecular weight is 593 g/mol. The van der Waals surface area contributed by atoms with Gasteiger partial charge in [0.25, 0.3) is 0 Å². The molecule has 4 rings (SSSR count). The van der Waals surface area contributed by atoms with Crippen molar-refractivity contribution in [1.82, 2.24) is 9.97 Å². The van der Waals surface area contributed by atoms with E-state index in [0.29, 0.717) is 27.9 Å². The van der Waals surface area contributed by atoms with Crippen LogP contribution in [0.3, 0.4) is 0 Å². The predicted octanol–water partition coefficient (Wildman–Crippen LogP) is 5.33. The lowest BCUT2D eigenvalue weighted by Crippen LogP contribution is -2.02. The van der Waals surface area contributed by atoms with Gasteiger partial charge in [-0.25, -0.2) is 18.4 Å². The molecule has 0 saturated carbocycles. The Kier molecular flexibility index (Phi) is 14.1.